The van der Waals surface area contributed by atoms with Crippen LogP contribution in [0.4, 0.5) is 0 Å². The lowest BCUT2D eigenvalue weighted by molar-refractivity contribution is -0.121. The van der Waals surface area contributed by atoms with Gasteiger partial charge in [-0.05, 0) is 49.0 Å². The number of unbranched alkanes of at least 4 members (excludes halogenated alkanes) is 2. The summed E-state index contributed by atoms with van der Waals surface area (Å²) < 4.78 is 0. The molecule has 0 spiro atoms. The van der Waals surface area contributed by atoms with E-state index in [1.54, 1.807) is 0 Å². The van der Waals surface area contributed by atoms with Gasteiger partial charge in [0.1, 0.15) is 0 Å². The number of rotatable bonds is 5. The van der Waals surface area contributed by atoms with E-state index >= 15 is 0 Å². The van der Waals surface area contributed by atoms with Crippen molar-refractivity contribution in [2.75, 3.05) is 0 Å². The van der Waals surface area contributed by atoms with Crippen molar-refractivity contribution in [1.82, 2.24) is 0 Å². The van der Waals surface area contributed by atoms with Gasteiger partial charge in [-0.3, -0.25) is 4.79 Å². The summed E-state index contributed by atoms with van der Waals surface area (Å²) in [7, 11) is 0. The molecule has 0 aliphatic heterocycles. The van der Waals surface area contributed by atoms with Crippen molar-refractivity contribution >= 4 is 11.9 Å². The average Bonchev–Trinajstić information content (AvgIpc) is 2.49. The average molecular weight is 282 g/mol. The quantitative estimate of drug-likeness (QED) is 0.528. The second-order valence-electron chi connectivity index (χ2n) is 6.31. The molecule has 0 fully saturated rings. The molecule has 1 aromatic rings. The van der Waals surface area contributed by atoms with Gasteiger partial charge in [-0.2, -0.15) is 0 Å². The number of Topliss-reactive ketones (excluding diaryl/α,β-unsaturated/α-hetero) is 1. The van der Waals surface area contributed by atoms with Gasteiger partial charge in [0, 0.05) is 0 Å². The monoisotopic (exact) mass is 282 g/mol. The van der Waals surface area contributed by atoms with Gasteiger partial charge in [-0.1, -0.05) is 63.1 Å². The van der Waals surface area contributed by atoms with Crippen molar-refractivity contribution < 1.29 is 4.79 Å². The summed E-state index contributed by atoms with van der Waals surface area (Å²) in [6.45, 7) is 8.40. The van der Waals surface area contributed by atoms with E-state index in [0.29, 0.717) is 0 Å². The number of allylic oxidation sites excluding steroid dienone is 3. The fourth-order valence-electron chi connectivity index (χ4n) is 3.19. The first kappa shape index (κ1) is 15.8. The van der Waals surface area contributed by atoms with Crippen molar-refractivity contribution in [3.05, 3.63) is 53.1 Å². The van der Waals surface area contributed by atoms with Crippen LogP contribution < -0.4 is 0 Å². The maximum absolute atomic E-state index is 12.8. The van der Waals surface area contributed by atoms with Crippen LogP contribution in [0.5, 0.6) is 0 Å². The van der Waals surface area contributed by atoms with Crippen molar-refractivity contribution in [2.45, 2.75) is 52.4 Å². The highest BCUT2D eigenvalue weighted by atomic mass is 16.1. The number of ketones is 1. The lowest BCUT2D eigenvalue weighted by Crippen LogP contribution is -2.41. The molecule has 1 aliphatic carbocycles. The Balaban J connectivity index is 2.37. The number of hydrogen-bond donors (Lipinski definition) is 0. The minimum absolute atomic E-state index is 0.201. The molecule has 1 nitrogen and oxygen atoms in total. The normalized spacial score (nSPS) is 23.0. The molecule has 1 aromatic carbocycles. The minimum atomic E-state index is -0.446. The maximum atomic E-state index is 12.8. The SMILES string of the molecule is CCCC/C=C\C(C)C1(C)C(=O)C(C)=Cc2ccccc21. The van der Waals surface area contributed by atoms with Gasteiger partial charge in [-0.25, -0.2) is 0 Å². The Morgan fingerprint density at radius 3 is 2.71 bits per heavy atom. The first-order chi connectivity index (χ1) is 10.0. The van der Waals surface area contributed by atoms with Gasteiger partial charge in [0.25, 0.3) is 0 Å². The molecule has 0 N–H and O–H groups in total. The van der Waals surface area contributed by atoms with Crippen molar-refractivity contribution in [3.8, 4) is 0 Å². The third kappa shape index (κ3) is 2.88. The predicted octanol–water partition coefficient (Wildman–Crippen LogP) is 5.31. The van der Waals surface area contributed by atoms with Gasteiger partial charge in [0.05, 0.1) is 5.41 Å². The van der Waals surface area contributed by atoms with E-state index in [9.17, 15) is 4.79 Å². The molecule has 2 atom stereocenters. The highest BCUT2D eigenvalue weighted by Gasteiger charge is 2.42. The first-order valence-electron chi connectivity index (χ1n) is 8.01. The molecule has 1 aliphatic rings. The Morgan fingerprint density at radius 2 is 2.00 bits per heavy atom. The zero-order chi connectivity index (χ0) is 15.5. The second kappa shape index (κ2) is 6.43. The van der Waals surface area contributed by atoms with Crippen LogP contribution in [-0.4, -0.2) is 5.78 Å². The fraction of sp³-hybridized carbons (Fsp3) is 0.450. The topological polar surface area (TPSA) is 17.1 Å². The van der Waals surface area contributed by atoms with Crippen molar-refractivity contribution in [1.29, 1.82) is 0 Å². The largest absolute Gasteiger partial charge is 0.294 e. The number of fused-ring (bicyclic) bond motifs is 1. The third-order valence-electron chi connectivity index (χ3n) is 4.78. The van der Waals surface area contributed by atoms with Gasteiger partial charge in [0.2, 0.25) is 0 Å². The number of carbonyl (C=O) groups is 1. The molecule has 2 unspecified atom stereocenters. The molecule has 0 amide bonds. The van der Waals surface area contributed by atoms with E-state index in [4.69, 9.17) is 0 Å². The van der Waals surface area contributed by atoms with E-state index in [0.717, 1.165) is 17.6 Å². The summed E-state index contributed by atoms with van der Waals surface area (Å²) in [5.74, 6) is 0.459. The molecule has 0 bridgehead atoms. The second-order valence-corrected chi connectivity index (χ2v) is 6.31. The molecule has 21 heavy (non-hydrogen) atoms. The molecular weight excluding hydrogens is 256 g/mol. The molecule has 0 saturated heterocycles. The summed E-state index contributed by atoms with van der Waals surface area (Å²) in [5.41, 5.74) is 2.77. The Labute approximate surface area is 128 Å². The van der Waals surface area contributed by atoms with Crippen LogP contribution >= 0.6 is 0 Å². The molecule has 112 valence electrons. The maximum Gasteiger partial charge on any atom is 0.169 e. The molecule has 0 saturated carbocycles. The Morgan fingerprint density at radius 1 is 1.29 bits per heavy atom. The van der Waals surface area contributed by atoms with E-state index in [1.165, 1.54) is 18.4 Å². The van der Waals surface area contributed by atoms with Crippen molar-refractivity contribution in [3.63, 3.8) is 0 Å². The Kier molecular flexibility index (Phi) is 4.82. The van der Waals surface area contributed by atoms with Crippen LogP contribution in [0.1, 0.15) is 58.1 Å². The standard InChI is InChI=1S/C20H26O/c1-5-6-7-8-11-16(3)20(4)18-13-10-9-12-17(18)14-15(2)19(20)21/h8-14,16H,5-7H2,1-4H3/b11-8-. The lowest BCUT2D eigenvalue weighted by Gasteiger charge is -2.37. The fourth-order valence-corrected chi connectivity index (χ4v) is 3.19. The van der Waals surface area contributed by atoms with Gasteiger partial charge in [0.15, 0.2) is 5.78 Å². The Bertz CT molecular complexity index is 579. The van der Waals surface area contributed by atoms with Gasteiger partial charge in [-0.15, -0.1) is 0 Å². The van der Waals surface area contributed by atoms with Crippen molar-refractivity contribution in [2.24, 2.45) is 5.92 Å². The summed E-state index contributed by atoms with van der Waals surface area (Å²) >= 11 is 0. The van der Waals surface area contributed by atoms with E-state index in [2.05, 4.69) is 45.1 Å². The van der Waals surface area contributed by atoms with Gasteiger partial charge < -0.3 is 0 Å². The highest BCUT2D eigenvalue weighted by Crippen LogP contribution is 2.41. The summed E-state index contributed by atoms with van der Waals surface area (Å²) in [4.78, 5) is 12.8. The highest BCUT2D eigenvalue weighted by molar-refractivity contribution is 6.09. The molecule has 0 aromatic heterocycles. The number of hydrogen-bond acceptors (Lipinski definition) is 1. The third-order valence-corrected chi connectivity index (χ3v) is 4.78. The van der Waals surface area contributed by atoms with Crippen LogP contribution in [0.3, 0.4) is 0 Å². The summed E-state index contributed by atoms with van der Waals surface area (Å²) in [6.07, 6.45) is 10.0. The first-order valence-corrected chi connectivity index (χ1v) is 8.01. The summed E-state index contributed by atoms with van der Waals surface area (Å²) in [6, 6.07) is 8.29. The zero-order valence-corrected chi connectivity index (χ0v) is 13.6. The zero-order valence-electron chi connectivity index (χ0n) is 13.6. The van der Waals surface area contributed by atoms with Crippen LogP contribution in [0.15, 0.2) is 42.0 Å². The molecule has 2 rings (SSSR count). The molecule has 1 heteroatoms. The molecule has 0 radical (unpaired) electrons. The molecular formula is C20H26O. The predicted molar refractivity (Wildman–Crippen MR) is 90.3 cm³/mol. The summed E-state index contributed by atoms with van der Waals surface area (Å²) in [5, 5.41) is 0. The van der Waals surface area contributed by atoms with E-state index < -0.39 is 5.41 Å². The van der Waals surface area contributed by atoms with Crippen LogP contribution in [0.2, 0.25) is 0 Å². The van der Waals surface area contributed by atoms with Crippen LogP contribution in [-0.2, 0) is 10.2 Å². The Hall–Kier alpha value is -1.63. The van der Waals surface area contributed by atoms with Crippen LogP contribution in [0.25, 0.3) is 6.08 Å². The molecule has 0 heterocycles. The number of carbonyl (C=O) groups excluding carboxylic acids is 1. The van der Waals surface area contributed by atoms with E-state index in [1.807, 2.05) is 25.1 Å². The smallest absolute Gasteiger partial charge is 0.169 e. The van der Waals surface area contributed by atoms with E-state index in [-0.39, 0.29) is 11.7 Å². The minimum Gasteiger partial charge on any atom is -0.294 e. The lowest BCUT2D eigenvalue weighted by atomic mass is 9.64. The van der Waals surface area contributed by atoms with Crippen LogP contribution in [0, 0.1) is 5.92 Å². The van der Waals surface area contributed by atoms with Gasteiger partial charge >= 0.3 is 0 Å². The number of benzene rings is 1.